The molecule has 23 heavy (non-hydrogen) atoms. The highest BCUT2D eigenvalue weighted by Gasteiger charge is 2.21. The summed E-state index contributed by atoms with van der Waals surface area (Å²) in [6.45, 7) is 8.26. The van der Waals surface area contributed by atoms with Crippen LogP contribution in [0, 0.1) is 6.92 Å². The van der Waals surface area contributed by atoms with Gasteiger partial charge in [0.05, 0.1) is 11.9 Å². The third-order valence-electron chi connectivity index (χ3n) is 3.64. The first kappa shape index (κ1) is 15.2. The van der Waals surface area contributed by atoms with Crippen molar-refractivity contribution in [3.63, 3.8) is 0 Å². The van der Waals surface area contributed by atoms with Crippen molar-refractivity contribution in [1.29, 1.82) is 0 Å². The van der Waals surface area contributed by atoms with Crippen LogP contribution in [0.5, 0.6) is 0 Å². The number of amides is 1. The molecule has 0 aliphatic rings. The van der Waals surface area contributed by atoms with E-state index in [1.54, 1.807) is 16.8 Å². The van der Waals surface area contributed by atoms with E-state index in [2.05, 4.69) is 36.2 Å². The van der Waals surface area contributed by atoms with E-state index in [0.29, 0.717) is 11.3 Å². The number of carbonyl (C=O) groups excluding carboxylic acids is 1. The van der Waals surface area contributed by atoms with Crippen LogP contribution in [-0.4, -0.2) is 20.5 Å². The summed E-state index contributed by atoms with van der Waals surface area (Å²) in [6, 6.07) is 11.3. The highest BCUT2D eigenvalue weighted by atomic mass is 16.1. The molecule has 1 amide bonds. The third kappa shape index (κ3) is 3.08. The number of benzene rings is 1. The molecule has 0 saturated carbocycles. The zero-order chi connectivity index (χ0) is 16.6. The molecule has 0 atom stereocenters. The van der Waals surface area contributed by atoms with Crippen LogP contribution in [0.3, 0.4) is 0 Å². The molecule has 2 heterocycles. The predicted molar refractivity (Wildman–Crippen MR) is 90.8 cm³/mol. The molecule has 0 aliphatic carbocycles. The highest BCUT2D eigenvalue weighted by molar-refractivity contribution is 6.03. The lowest BCUT2D eigenvalue weighted by atomic mass is 9.91. The average molecular weight is 308 g/mol. The maximum Gasteiger partial charge on any atom is 0.274 e. The zero-order valence-corrected chi connectivity index (χ0v) is 13.8. The number of nitrogens with zero attached hydrogens (tertiary/aromatic N) is 3. The second-order valence-corrected chi connectivity index (χ2v) is 6.70. The van der Waals surface area contributed by atoms with E-state index >= 15 is 0 Å². The van der Waals surface area contributed by atoms with Gasteiger partial charge in [0.15, 0.2) is 5.65 Å². The minimum absolute atomic E-state index is 0.147. The molecule has 118 valence electrons. The molecule has 1 N–H and O–H groups in total. The molecule has 2 aromatic heterocycles. The van der Waals surface area contributed by atoms with E-state index in [-0.39, 0.29) is 11.3 Å². The number of hydrogen-bond donors (Lipinski definition) is 1. The maximum atomic E-state index is 12.6. The van der Waals surface area contributed by atoms with Crippen molar-refractivity contribution < 1.29 is 4.79 Å². The van der Waals surface area contributed by atoms with Gasteiger partial charge in [-0.2, -0.15) is 5.10 Å². The van der Waals surface area contributed by atoms with Crippen molar-refractivity contribution >= 4 is 17.2 Å². The molecule has 1 aromatic carbocycles. The van der Waals surface area contributed by atoms with Crippen LogP contribution < -0.4 is 5.32 Å². The first-order valence-electron chi connectivity index (χ1n) is 7.58. The van der Waals surface area contributed by atoms with Crippen molar-refractivity contribution in [2.45, 2.75) is 33.1 Å². The minimum Gasteiger partial charge on any atom is -0.321 e. The predicted octanol–water partition coefficient (Wildman–Crippen LogP) is 3.59. The van der Waals surface area contributed by atoms with Crippen molar-refractivity contribution in [3.8, 4) is 0 Å². The molecule has 3 aromatic rings. The van der Waals surface area contributed by atoms with Crippen LogP contribution in [0.15, 0.2) is 42.6 Å². The summed E-state index contributed by atoms with van der Waals surface area (Å²) in [5.74, 6) is -0.218. The summed E-state index contributed by atoms with van der Waals surface area (Å²) in [5, 5.41) is 7.21. The van der Waals surface area contributed by atoms with E-state index < -0.39 is 0 Å². The minimum atomic E-state index is -0.218. The summed E-state index contributed by atoms with van der Waals surface area (Å²) in [6.07, 6.45) is 1.69. The van der Waals surface area contributed by atoms with Crippen LogP contribution in [0.25, 0.3) is 5.65 Å². The van der Waals surface area contributed by atoms with Gasteiger partial charge in [-0.05, 0) is 30.7 Å². The standard InChI is InChI=1S/C18H20N4O/c1-12-6-5-7-13(10-12)20-17(23)14-11-15(18(2,3)4)22-16(21-14)8-9-19-22/h5-11H,1-4H3,(H,20,23). The fourth-order valence-electron chi connectivity index (χ4n) is 2.48. The molecule has 5 nitrogen and oxygen atoms in total. The highest BCUT2D eigenvalue weighted by Crippen LogP contribution is 2.23. The lowest BCUT2D eigenvalue weighted by molar-refractivity contribution is 0.102. The molecular formula is C18H20N4O. The number of aryl methyl sites for hydroxylation is 1. The van der Waals surface area contributed by atoms with Crippen LogP contribution in [-0.2, 0) is 5.41 Å². The molecule has 0 unspecified atom stereocenters. The zero-order valence-electron chi connectivity index (χ0n) is 13.8. The van der Waals surface area contributed by atoms with Crippen LogP contribution in [0.4, 0.5) is 5.69 Å². The van der Waals surface area contributed by atoms with Crippen LogP contribution in [0.1, 0.15) is 42.5 Å². The van der Waals surface area contributed by atoms with Gasteiger partial charge in [-0.25, -0.2) is 9.50 Å². The van der Waals surface area contributed by atoms with E-state index in [4.69, 9.17) is 0 Å². The van der Waals surface area contributed by atoms with Crippen molar-refractivity contribution in [1.82, 2.24) is 14.6 Å². The number of fused-ring (bicyclic) bond motifs is 1. The van der Waals surface area contributed by atoms with Crippen molar-refractivity contribution in [2.24, 2.45) is 0 Å². The number of carbonyl (C=O) groups is 1. The molecule has 0 saturated heterocycles. The van der Waals surface area contributed by atoms with Gasteiger partial charge in [0.1, 0.15) is 5.69 Å². The van der Waals surface area contributed by atoms with Crippen molar-refractivity contribution in [2.75, 3.05) is 5.32 Å². The largest absolute Gasteiger partial charge is 0.321 e. The molecule has 5 heteroatoms. The normalized spacial score (nSPS) is 11.7. The SMILES string of the molecule is Cc1cccc(NC(=O)c2cc(C(C)(C)C)n3nccc3n2)c1. The van der Waals surface area contributed by atoms with E-state index in [1.165, 1.54) is 0 Å². The number of hydrogen-bond acceptors (Lipinski definition) is 3. The van der Waals surface area contributed by atoms with E-state index in [1.807, 2.05) is 37.3 Å². The van der Waals surface area contributed by atoms with Gasteiger partial charge >= 0.3 is 0 Å². The molecule has 3 rings (SSSR count). The molecule has 0 bridgehead atoms. The Labute approximate surface area is 135 Å². The Balaban J connectivity index is 2.01. The van der Waals surface area contributed by atoms with Crippen LogP contribution >= 0.6 is 0 Å². The first-order chi connectivity index (χ1) is 10.8. The molecular weight excluding hydrogens is 288 g/mol. The molecule has 0 fully saturated rings. The monoisotopic (exact) mass is 308 g/mol. The Morgan fingerprint density at radius 2 is 1.96 bits per heavy atom. The Morgan fingerprint density at radius 1 is 1.17 bits per heavy atom. The van der Waals surface area contributed by atoms with E-state index in [9.17, 15) is 4.79 Å². The summed E-state index contributed by atoms with van der Waals surface area (Å²) >= 11 is 0. The summed E-state index contributed by atoms with van der Waals surface area (Å²) < 4.78 is 1.78. The van der Waals surface area contributed by atoms with Gasteiger partial charge in [-0.1, -0.05) is 32.9 Å². The lowest BCUT2D eigenvalue weighted by Gasteiger charge is -2.20. The van der Waals surface area contributed by atoms with Gasteiger partial charge < -0.3 is 5.32 Å². The number of anilines is 1. The van der Waals surface area contributed by atoms with Crippen molar-refractivity contribution in [3.05, 3.63) is 59.5 Å². The first-order valence-corrected chi connectivity index (χ1v) is 7.58. The Hall–Kier alpha value is -2.69. The maximum absolute atomic E-state index is 12.6. The number of aromatic nitrogens is 3. The summed E-state index contributed by atoms with van der Waals surface area (Å²) in [5.41, 5.74) is 3.73. The van der Waals surface area contributed by atoms with Gasteiger partial charge in [-0.15, -0.1) is 0 Å². The third-order valence-corrected chi connectivity index (χ3v) is 3.64. The second kappa shape index (κ2) is 5.50. The fourth-order valence-corrected chi connectivity index (χ4v) is 2.48. The smallest absolute Gasteiger partial charge is 0.274 e. The quantitative estimate of drug-likeness (QED) is 0.787. The fraction of sp³-hybridized carbons (Fsp3) is 0.278. The van der Waals surface area contributed by atoms with Gasteiger partial charge in [0.25, 0.3) is 5.91 Å². The Bertz CT molecular complexity index is 874. The van der Waals surface area contributed by atoms with Gasteiger partial charge in [0.2, 0.25) is 0 Å². The number of nitrogens with one attached hydrogen (secondary N) is 1. The number of rotatable bonds is 2. The van der Waals surface area contributed by atoms with Gasteiger partial charge in [-0.3, -0.25) is 4.79 Å². The molecule has 0 spiro atoms. The lowest BCUT2D eigenvalue weighted by Crippen LogP contribution is -2.21. The van der Waals surface area contributed by atoms with E-state index in [0.717, 1.165) is 16.9 Å². The summed E-state index contributed by atoms with van der Waals surface area (Å²) in [4.78, 5) is 17.0. The second-order valence-electron chi connectivity index (χ2n) is 6.70. The summed E-state index contributed by atoms with van der Waals surface area (Å²) in [7, 11) is 0. The molecule has 0 aliphatic heterocycles. The van der Waals surface area contributed by atoms with Crippen LogP contribution in [0.2, 0.25) is 0 Å². The molecule has 0 radical (unpaired) electrons. The van der Waals surface area contributed by atoms with Gasteiger partial charge in [0, 0.05) is 17.2 Å². The Morgan fingerprint density at radius 3 is 2.65 bits per heavy atom. The Kier molecular flexibility index (Phi) is 3.64. The average Bonchev–Trinajstić information content (AvgIpc) is 2.93. The topological polar surface area (TPSA) is 59.3 Å².